The van der Waals surface area contributed by atoms with Gasteiger partial charge in [0.15, 0.2) is 0 Å². The maximum absolute atomic E-state index is 12.2. The van der Waals surface area contributed by atoms with Gasteiger partial charge < -0.3 is 5.73 Å². The molecule has 5 nitrogen and oxygen atoms in total. The van der Waals surface area contributed by atoms with E-state index in [1.165, 1.54) is 0 Å². The van der Waals surface area contributed by atoms with Gasteiger partial charge in [-0.2, -0.15) is 0 Å². The number of hydrogen-bond donors (Lipinski definition) is 1. The predicted octanol–water partition coefficient (Wildman–Crippen LogP) is 2.27. The molecule has 2 N–H and O–H groups in total. The number of pyridine rings is 1. The Kier molecular flexibility index (Phi) is 2.94. The van der Waals surface area contributed by atoms with Crippen LogP contribution in [0, 0.1) is 10.1 Å². The Hall–Kier alpha value is -1.31. The minimum Gasteiger partial charge on any atom is -0.391 e. The van der Waals surface area contributed by atoms with E-state index in [4.69, 9.17) is 5.73 Å². The molecule has 1 aromatic heterocycles. The van der Waals surface area contributed by atoms with Gasteiger partial charge in [-0.15, -0.1) is 0 Å². The number of nitrogens with two attached hydrogens (primary N) is 1. The van der Waals surface area contributed by atoms with E-state index < -0.39 is 28.4 Å². The van der Waals surface area contributed by atoms with Crippen LogP contribution in [0.1, 0.15) is 12.1 Å². The van der Waals surface area contributed by atoms with Gasteiger partial charge in [-0.3, -0.25) is 15.1 Å². The van der Waals surface area contributed by atoms with E-state index in [9.17, 15) is 18.9 Å². The van der Waals surface area contributed by atoms with Gasteiger partial charge in [0, 0.05) is 6.20 Å². The molecular formula is C6H4BrF2N3O2. The standard InChI is InChI=1S/C6H4BrF2N3O2/c7-2-1-11-4(6(8)9)3(10)5(2)12(13)14/h1,6H,10H2. The third-order valence-electron chi connectivity index (χ3n) is 1.46. The van der Waals surface area contributed by atoms with Crippen molar-refractivity contribution in [3.8, 4) is 0 Å². The number of aromatic nitrogens is 1. The molecule has 0 aliphatic heterocycles. The van der Waals surface area contributed by atoms with Crippen molar-refractivity contribution < 1.29 is 13.7 Å². The molecule has 8 heteroatoms. The minimum atomic E-state index is -2.93. The van der Waals surface area contributed by atoms with E-state index >= 15 is 0 Å². The van der Waals surface area contributed by atoms with Gasteiger partial charge in [0.25, 0.3) is 6.43 Å². The van der Waals surface area contributed by atoms with Gasteiger partial charge >= 0.3 is 5.69 Å². The Morgan fingerprint density at radius 2 is 2.21 bits per heavy atom. The lowest BCUT2D eigenvalue weighted by Gasteiger charge is -2.04. The summed E-state index contributed by atoms with van der Waals surface area (Å²) in [6, 6.07) is 0. The number of anilines is 1. The summed E-state index contributed by atoms with van der Waals surface area (Å²) in [5.74, 6) is 0. The lowest BCUT2D eigenvalue weighted by atomic mass is 10.2. The van der Waals surface area contributed by atoms with E-state index in [1.54, 1.807) is 0 Å². The van der Waals surface area contributed by atoms with E-state index in [1.807, 2.05) is 0 Å². The number of rotatable bonds is 2. The highest BCUT2D eigenvalue weighted by molar-refractivity contribution is 9.10. The van der Waals surface area contributed by atoms with E-state index in [-0.39, 0.29) is 4.47 Å². The Labute approximate surface area is 85.2 Å². The molecule has 1 aromatic rings. The van der Waals surface area contributed by atoms with Gasteiger partial charge in [-0.1, -0.05) is 0 Å². The third kappa shape index (κ3) is 1.79. The maximum Gasteiger partial charge on any atom is 0.309 e. The topological polar surface area (TPSA) is 82.0 Å². The molecule has 0 aliphatic carbocycles. The molecule has 0 saturated carbocycles. The van der Waals surface area contributed by atoms with Crippen molar-refractivity contribution in [1.82, 2.24) is 4.98 Å². The highest BCUT2D eigenvalue weighted by Crippen LogP contribution is 2.35. The summed E-state index contributed by atoms with van der Waals surface area (Å²) >= 11 is 2.80. The molecule has 0 unspecified atom stereocenters. The van der Waals surface area contributed by atoms with E-state index in [2.05, 4.69) is 20.9 Å². The van der Waals surface area contributed by atoms with Crippen molar-refractivity contribution in [3.05, 3.63) is 26.5 Å². The minimum absolute atomic E-state index is 0.0237. The zero-order valence-corrected chi connectivity index (χ0v) is 8.16. The summed E-state index contributed by atoms with van der Waals surface area (Å²) in [5.41, 5.74) is 3.19. The Bertz CT molecular complexity index is 386. The molecule has 14 heavy (non-hydrogen) atoms. The molecule has 0 fully saturated rings. The SMILES string of the molecule is Nc1c(C(F)F)ncc(Br)c1[N+](=O)[O-]. The second kappa shape index (κ2) is 3.82. The van der Waals surface area contributed by atoms with E-state index in [0.29, 0.717) is 0 Å². The summed E-state index contributed by atoms with van der Waals surface area (Å²) in [6.45, 7) is 0. The molecule has 0 radical (unpaired) electrons. The summed E-state index contributed by atoms with van der Waals surface area (Å²) in [5, 5.41) is 10.4. The molecule has 0 aliphatic rings. The highest BCUT2D eigenvalue weighted by Gasteiger charge is 2.25. The first-order chi connectivity index (χ1) is 6.45. The van der Waals surface area contributed by atoms with Crippen LogP contribution in [0.5, 0.6) is 0 Å². The van der Waals surface area contributed by atoms with Gasteiger partial charge in [0.05, 0.1) is 4.92 Å². The van der Waals surface area contributed by atoms with Crippen LogP contribution in [-0.2, 0) is 0 Å². The number of nitro groups is 1. The Balaban J connectivity index is 3.41. The second-order valence-corrected chi connectivity index (χ2v) is 3.17. The molecular weight excluding hydrogens is 264 g/mol. The first-order valence-corrected chi connectivity index (χ1v) is 4.11. The van der Waals surface area contributed by atoms with Crippen LogP contribution in [0.2, 0.25) is 0 Å². The van der Waals surface area contributed by atoms with Crippen molar-refractivity contribution in [2.45, 2.75) is 6.43 Å². The van der Waals surface area contributed by atoms with Crippen molar-refractivity contribution in [1.29, 1.82) is 0 Å². The third-order valence-corrected chi connectivity index (χ3v) is 2.04. The quantitative estimate of drug-likeness (QED) is 0.658. The van der Waals surface area contributed by atoms with Crippen molar-refractivity contribution in [2.24, 2.45) is 0 Å². The number of nitrogens with zero attached hydrogens (tertiary/aromatic N) is 2. The molecule has 0 saturated heterocycles. The van der Waals surface area contributed by atoms with Gasteiger partial charge in [-0.05, 0) is 15.9 Å². The maximum atomic E-state index is 12.2. The van der Waals surface area contributed by atoms with Crippen LogP contribution >= 0.6 is 15.9 Å². The average Bonchev–Trinajstić information content (AvgIpc) is 2.02. The summed E-state index contributed by atoms with van der Waals surface area (Å²) < 4.78 is 24.4. The first-order valence-electron chi connectivity index (χ1n) is 3.31. The zero-order valence-electron chi connectivity index (χ0n) is 6.58. The fourth-order valence-corrected chi connectivity index (χ4v) is 1.33. The molecule has 76 valence electrons. The van der Waals surface area contributed by atoms with Crippen LogP contribution in [0.15, 0.2) is 10.7 Å². The first kappa shape index (κ1) is 10.8. The number of nitrogen functional groups attached to an aromatic ring is 1. The smallest absolute Gasteiger partial charge is 0.309 e. The monoisotopic (exact) mass is 267 g/mol. The highest BCUT2D eigenvalue weighted by atomic mass is 79.9. The normalized spacial score (nSPS) is 10.6. The van der Waals surface area contributed by atoms with Crippen LogP contribution in [0.25, 0.3) is 0 Å². The summed E-state index contributed by atoms with van der Waals surface area (Å²) in [6.07, 6.45) is -2.00. The number of alkyl halides is 2. The fourth-order valence-electron chi connectivity index (χ4n) is 0.866. The summed E-state index contributed by atoms with van der Waals surface area (Å²) in [4.78, 5) is 12.9. The molecule has 0 spiro atoms. The molecule has 0 atom stereocenters. The number of hydrogen-bond acceptors (Lipinski definition) is 4. The molecule has 0 bridgehead atoms. The van der Waals surface area contributed by atoms with Crippen molar-refractivity contribution >= 4 is 27.3 Å². The van der Waals surface area contributed by atoms with Crippen LogP contribution < -0.4 is 5.73 Å². The molecule has 0 aromatic carbocycles. The average molecular weight is 268 g/mol. The van der Waals surface area contributed by atoms with Crippen molar-refractivity contribution in [3.63, 3.8) is 0 Å². The van der Waals surface area contributed by atoms with Crippen molar-refractivity contribution in [2.75, 3.05) is 5.73 Å². The lowest BCUT2D eigenvalue weighted by molar-refractivity contribution is -0.384. The summed E-state index contributed by atoms with van der Waals surface area (Å²) in [7, 11) is 0. The van der Waals surface area contributed by atoms with E-state index in [0.717, 1.165) is 6.20 Å². The second-order valence-electron chi connectivity index (χ2n) is 2.31. The van der Waals surface area contributed by atoms with Gasteiger partial charge in [-0.25, -0.2) is 8.78 Å². The van der Waals surface area contributed by atoms with Gasteiger partial charge in [0.1, 0.15) is 15.9 Å². The largest absolute Gasteiger partial charge is 0.391 e. The van der Waals surface area contributed by atoms with Gasteiger partial charge in [0.2, 0.25) is 0 Å². The Morgan fingerprint density at radius 1 is 1.64 bits per heavy atom. The molecule has 0 amide bonds. The number of halogens is 3. The fraction of sp³-hybridized carbons (Fsp3) is 0.167. The predicted molar refractivity (Wildman–Crippen MR) is 48.0 cm³/mol. The molecule has 1 heterocycles. The lowest BCUT2D eigenvalue weighted by Crippen LogP contribution is -2.03. The van der Waals surface area contributed by atoms with Crippen LogP contribution in [0.4, 0.5) is 20.2 Å². The molecule has 1 rings (SSSR count). The van der Waals surface area contributed by atoms with Crippen LogP contribution in [-0.4, -0.2) is 9.91 Å². The Morgan fingerprint density at radius 3 is 2.64 bits per heavy atom. The van der Waals surface area contributed by atoms with Crippen LogP contribution in [0.3, 0.4) is 0 Å². The zero-order chi connectivity index (χ0) is 10.9.